The van der Waals surface area contributed by atoms with Crippen LogP contribution < -0.4 is 14.8 Å². The number of piperidine rings is 1. The first kappa shape index (κ1) is 28.8. The Morgan fingerprint density at radius 1 is 1.16 bits per heavy atom. The lowest BCUT2D eigenvalue weighted by atomic mass is 9.91. The number of aromatic nitrogens is 1. The van der Waals surface area contributed by atoms with E-state index < -0.39 is 5.41 Å². The van der Waals surface area contributed by atoms with Crippen LogP contribution in [0.4, 0.5) is 0 Å². The van der Waals surface area contributed by atoms with Gasteiger partial charge in [0.25, 0.3) is 5.91 Å². The van der Waals surface area contributed by atoms with Crippen molar-refractivity contribution in [3.63, 3.8) is 0 Å². The van der Waals surface area contributed by atoms with Crippen LogP contribution in [-0.4, -0.2) is 80.5 Å². The van der Waals surface area contributed by atoms with Crippen LogP contribution in [0.3, 0.4) is 0 Å². The third kappa shape index (κ3) is 7.63. The van der Waals surface area contributed by atoms with Gasteiger partial charge in [0.05, 0.1) is 6.61 Å². The maximum absolute atomic E-state index is 13.8. The van der Waals surface area contributed by atoms with E-state index in [9.17, 15) is 9.59 Å². The van der Waals surface area contributed by atoms with Crippen molar-refractivity contribution in [2.75, 3.05) is 46.8 Å². The lowest BCUT2D eigenvalue weighted by Gasteiger charge is -2.37. The van der Waals surface area contributed by atoms with Gasteiger partial charge in [0.15, 0.2) is 5.78 Å². The molecular weight excluding hydrogens is 474 g/mol. The number of hydrogen-bond donors (Lipinski definition) is 1. The van der Waals surface area contributed by atoms with Gasteiger partial charge in [-0.1, -0.05) is 26.8 Å². The molecule has 0 unspecified atom stereocenters. The largest absolute Gasteiger partial charge is 0.490 e. The molecule has 1 aromatic carbocycles. The molecule has 204 valence electrons. The average Bonchev–Trinajstić information content (AvgIpc) is 2.86. The molecule has 0 spiro atoms. The van der Waals surface area contributed by atoms with Crippen LogP contribution in [0.25, 0.3) is 10.9 Å². The lowest BCUT2D eigenvalue weighted by Crippen LogP contribution is -2.51. The van der Waals surface area contributed by atoms with Crippen molar-refractivity contribution in [2.24, 2.45) is 5.41 Å². The van der Waals surface area contributed by atoms with Crippen molar-refractivity contribution >= 4 is 22.6 Å². The Balaban J connectivity index is 1.99. The normalized spacial score (nSPS) is 16.1. The molecule has 1 fully saturated rings. The number of Topliss-reactive ketones (excluding diaryl/α,β-unsaturated/α-hetero) is 1. The van der Waals surface area contributed by atoms with Gasteiger partial charge in [-0.2, -0.15) is 0 Å². The van der Waals surface area contributed by atoms with E-state index in [4.69, 9.17) is 23.9 Å². The maximum atomic E-state index is 13.8. The molecule has 1 aliphatic rings. The van der Waals surface area contributed by atoms with E-state index in [1.165, 1.54) is 0 Å². The molecule has 1 amide bonds. The summed E-state index contributed by atoms with van der Waals surface area (Å²) in [4.78, 5) is 33.0. The fraction of sp³-hybridized carbons (Fsp3) is 0.607. The number of fused-ring (bicyclic) bond motifs is 1. The molecule has 9 heteroatoms. The molecule has 0 saturated carbocycles. The molecule has 0 bridgehead atoms. The lowest BCUT2D eigenvalue weighted by molar-refractivity contribution is -0.128. The van der Waals surface area contributed by atoms with Crippen molar-refractivity contribution in [2.45, 2.75) is 59.5 Å². The fourth-order valence-corrected chi connectivity index (χ4v) is 4.27. The summed E-state index contributed by atoms with van der Waals surface area (Å²) in [5, 5.41) is 4.09. The van der Waals surface area contributed by atoms with Gasteiger partial charge in [0.1, 0.15) is 42.7 Å². The monoisotopic (exact) mass is 515 g/mol. The highest BCUT2D eigenvalue weighted by atomic mass is 16.7. The summed E-state index contributed by atoms with van der Waals surface area (Å²) in [5.74, 6) is 0.749. The van der Waals surface area contributed by atoms with Crippen molar-refractivity contribution in [1.82, 2.24) is 15.2 Å². The van der Waals surface area contributed by atoms with E-state index in [0.717, 1.165) is 25.9 Å². The molecule has 0 radical (unpaired) electrons. The summed E-state index contributed by atoms with van der Waals surface area (Å²) in [6.45, 7) is 12.0. The molecule has 1 atom stereocenters. The minimum atomic E-state index is -0.526. The van der Waals surface area contributed by atoms with Crippen molar-refractivity contribution < 1.29 is 28.5 Å². The van der Waals surface area contributed by atoms with Gasteiger partial charge in [-0.05, 0) is 45.4 Å². The number of hydrogen-bond acceptors (Lipinski definition) is 8. The molecule has 37 heavy (non-hydrogen) atoms. The van der Waals surface area contributed by atoms with Crippen LogP contribution in [0.2, 0.25) is 0 Å². The van der Waals surface area contributed by atoms with Crippen LogP contribution in [0.15, 0.2) is 24.3 Å². The van der Waals surface area contributed by atoms with Crippen molar-refractivity contribution in [1.29, 1.82) is 0 Å². The van der Waals surface area contributed by atoms with Gasteiger partial charge in [-0.15, -0.1) is 0 Å². The number of nitrogens with zero attached hydrogens (tertiary/aromatic N) is 2. The molecule has 2 aromatic rings. The Hall–Kier alpha value is -2.75. The van der Waals surface area contributed by atoms with Gasteiger partial charge in [0, 0.05) is 42.6 Å². The zero-order valence-electron chi connectivity index (χ0n) is 23.0. The molecule has 1 N–H and O–H groups in total. The summed E-state index contributed by atoms with van der Waals surface area (Å²) < 4.78 is 22.3. The third-order valence-corrected chi connectivity index (χ3v) is 6.32. The van der Waals surface area contributed by atoms with Crippen LogP contribution in [0.1, 0.15) is 57.9 Å². The van der Waals surface area contributed by atoms with E-state index in [0.29, 0.717) is 29.0 Å². The highest BCUT2D eigenvalue weighted by Crippen LogP contribution is 2.33. The smallest absolute Gasteiger partial charge is 0.273 e. The van der Waals surface area contributed by atoms with Crippen LogP contribution in [0, 0.1) is 5.41 Å². The number of ketones is 1. The maximum Gasteiger partial charge on any atom is 0.273 e. The number of ether oxygens (including phenoxy) is 4. The number of amides is 1. The number of para-hydroxylation sites is 1. The zero-order valence-corrected chi connectivity index (χ0v) is 23.0. The molecule has 0 aliphatic carbocycles. The topological polar surface area (TPSA) is 99.2 Å². The minimum absolute atomic E-state index is 0.00221. The number of rotatable bonds is 12. The number of methoxy groups -OCH3 is 1. The summed E-state index contributed by atoms with van der Waals surface area (Å²) in [6.07, 6.45) is 1.95. The zero-order chi connectivity index (χ0) is 27.0. The number of carbonyl (C=O) groups is 2. The fourth-order valence-electron chi connectivity index (χ4n) is 4.27. The Kier molecular flexibility index (Phi) is 10.3. The first-order chi connectivity index (χ1) is 17.6. The second-order valence-corrected chi connectivity index (χ2v) is 10.6. The minimum Gasteiger partial charge on any atom is -0.490 e. The van der Waals surface area contributed by atoms with Crippen LogP contribution in [-0.2, 0) is 14.3 Å². The SMILES string of the molecule is COCOCCOc1cc(C(=O)N(C(C)C)[C@@H]2CCCNC2)nc2c(OCC(=O)C(C)(C)C)cccc12. The standard InChI is InChI=1S/C28H41N3O6/c1-19(2)31(20-9-8-12-29-16-20)27(33)22-15-24(36-14-13-35-18-34-6)21-10-7-11-23(26(21)30-22)37-17-25(32)28(3,4)5/h7,10-11,15,19-20,29H,8-9,12-14,16-18H2,1-6H3/t20-/m1/s1. The Morgan fingerprint density at radius 2 is 1.95 bits per heavy atom. The second-order valence-electron chi connectivity index (χ2n) is 10.6. The van der Waals surface area contributed by atoms with Crippen LogP contribution in [0.5, 0.6) is 11.5 Å². The first-order valence-corrected chi connectivity index (χ1v) is 13.0. The second kappa shape index (κ2) is 13.2. The number of pyridine rings is 1. The van der Waals surface area contributed by atoms with Crippen molar-refractivity contribution in [3.8, 4) is 11.5 Å². The Morgan fingerprint density at radius 3 is 2.59 bits per heavy atom. The first-order valence-electron chi connectivity index (χ1n) is 13.0. The highest BCUT2D eigenvalue weighted by molar-refractivity contribution is 5.99. The summed E-state index contributed by atoms with van der Waals surface area (Å²) >= 11 is 0. The van der Waals surface area contributed by atoms with E-state index >= 15 is 0 Å². The van der Waals surface area contributed by atoms with E-state index in [2.05, 4.69) is 5.32 Å². The molecule has 2 heterocycles. The Labute approximate surface area is 219 Å². The van der Waals surface area contributed by atoms with E-state index in [1.54, 1.807) is 19.2 Å². The van der Waals surface area contributed by atoms with E-state index in [-0.39, 0.29) is 49.5 Å². The van der Waals surface area contributed by atoms with Gasteiger partial charge < -0.3 is 29.2 Å². The quantitative estimate of drug-likeness (QED) is 0.336. The molecular formula is C28H41N3O6. The number of nitrogens with one attached hydrogen (secondary N) is 1. The average molecular weight is 516 g/mol. The predicted octanol–water partition coefficient (Wildman–Crippen LogP) is 3.83. The summed E-state index contributed by atoms with van der Waals surface area (Å²) in [5.41, 5.74) is 0.229. The number of benzene rings is 1. The van der Waals surface area contributed by atoms with Gasteiger partial charge in [0.2, 0.25) is 0 Å². The summed E-state index contributed by atoms with van der Waals surface area (Å²) in [7, 11) is 1.56. The molecule has 3 rings (SSSR count). The van der Waals surface area contributed by atoms with Crippen LogP contribution >= 0.6 is 0 Å². The highest BCUT2D eigenvalue weighted by Gasteiger charge is 2.30. The number of carbonyl (C=O) groups excluding carboxylic acids is 2. The molecule has 1 aliphatic heterocycles. The van der Waals surface area contributed by atoms with Gasteiger partial charge in [-0.3, -0.25) is 9.59 Å². The molecule has 9 nitrogen and oxygen atoms in total. The van der Waals surface area contributed by atoms with E-state index in [1.807, 2.05) is 51.7 Å². The molecule has 1 aromatic heterocycles. The Bertz CT molecular complexity index is 1060. The predicted molar refractivity (Wildman–Crippen MR) is 142 cm³/mol. The molecule has 1 saturated heterocycles. The third-order valence-electron chi connectivity index (χ3n) is 6.32. The van der Waals surface area contributed by atoms with Gasteiger partial charge in [-0.25, -0.2) is 4.98 Å². The van der Waals surface area contributed by atoms with Gasteiger partial charge >= 0.3 is 0 Å². The van der Waals surface area contributed by atoms with Crippen molar-refractivity contribution in [3.05, 3.63) is 30.0 Å². The summed E-state index contributed by atoms with van der Waals surface area (Å²) in [6, 6.07) is 7.22.